The molecule has 0 heterocycles. The molecule has 0 saturated carbocycles. The molecular weight excluding hydrogens is 264 g/mol. The van der Waals surface area contributed by atoms with Gasteiger partial charge in [0, 0.05) is 6.42 Å². The Kier molecular flexibility index (Phi) is 13.2. The molecule has 0 spiro atoms. The van der Waals surface area contributed by atoms with E-state index >= 15 is 0 Å². The molecular formula is C14H26O4S. The predicted molar refractivity (Wildman–Crippen MR) is 78.4 cm³/mol. The van der Waals surface area contributed by atoms with E-state index in [0.29, 0.717) is 6.42 Å². The van der Waals surface area contributed by atoms with Crippen molar-refractivity contribution in [3.05, 3.63) is 0 Å². The lowest BCUT2D eigenvalue weighted by Crippen LogP contribution is -2.14. The quantitative estimate of drug-likeness (QED) is 0.341. The Morgan fingerprint density at radius 2 is 1.37 bits per heavy atom. The van der Waals surface area contributed by atoms with Crippen molar-refractivity contribution in [2.45, 2.75) is 58.3 Å². The van der Waals surface area contributed by atoms with E-state index in [1.54, 1.807) is 0 Å². The average molecular weight is 290 g/mol. The number of hydrogen-bond acceptors (Lipinski definition) is 5. The van der Waals surface area contributed by atoms with Crippen LogP contribution in [-0.4, -0.2) is 30.9 Å². The third-order valence-corrected chi connectivity index (χ3v) is 2.98. The summed E-state index contributed by atoms with van der Waals surface area (Å²) in [5, 5.41) is 0. The second-order valence-corrected chi connectivity index (χ2v) is 4.79. The average Bonchev–Trinajstić information content (AvgIpc) is 2.42. The van der Waals surface area contributed by atoms with E-state index in [9.17, 15) is 9.59 Å². The van der Waals surface area contributed by atoms with Crippen LogP contribution in [0.1, 0.15) is 58.3 Å². The molecule has 0 bridgehead atoms. The van der Waals surface area contributed by atoms with Crippen molar-refractivity contribution in [3.63, 3.8) is 0 Å². The molecule has 4 nitrogen and oxygen atoms in total. The third-order valence-electron chi connectivity index (χ3n) is 2.72. The van der Waals surface area contributed by atoms with E-state index in [1.165, 1.54) is 32.1 Å². The molecule has 0 aromatic heterocycles. The van der Waals surface area contributed by atoms with Gasteiger partial charge in [0.05, 0.1) is 5.75 Å². The summed E-state index contributed by atoms with van der Waals surface area (Å²) in [6, 6.07) is 0. The van der Waals surface area contributed by atoms with Gasteiger partial charge in [0.25, 0.3) is 0 Å². The van der Waals surface area contributed by atoms with Crippen LogP contribution in [0.15, 0.2) is 0 Å². The minimum Gasteiger partial charge on any atom is -0.462 e. The first-order valence-electron chi connectivity index (χ1n) is 7.12. The smallest absolute Gasteiger partial charge is 0.315 e. The van der Waals surface area contributed by atoms with Crippen molar-refractivity contribution in [2.75, 3.05) is 19.0 Å². The second kappa shape index (κ2) is 13.7. The zero-order valence-electron chi connectivity index (χ0n) is 11.9. The molecule has 0 unspecified atom stereocenters. The van der Waals surface area contributed by atoms with Gasteiger partial charge in [-0.25, -0.2) is 0 Å². The number of carbonyl (C=O) groups is 2. The number of hydrogen-bond donors (Lipinski definition) is 1. The van der Waals surface area contributed by atoms with Crippen LogP contribution in [-0.2, 0) is 19.1 Å². The molecule has 0 aliphatic carbocycles. The molecule has 0 aliphatic heterocycles. The highest BCUT2D eigenvalue weighted by molar-refractivity contribution is 7.81. The molecule has 0 radical (unpaired) electrons. The van der Waals surface area contributed by atoms with E-state index in [4.69, 9.17) is 9.47 Å². The SMILES string of the molecule is CCCCCCCCCC(=O)OCCOC(=O)CS. The summed E-state index contributed by atoms with van der Waals surface area (Å²) in [6.07, 6.45) is 8.69. The first-order chi connectivity index (χ1) is 9.20. The molecule has 5 heteroatoms. The predicted octanol–water partition coefficient (Wildman–Crippen LogP) is 3.14. The summed E-state index contributed by atoms with van der Waals surface area (Å²) in [7, 11) is 0. The van der Waals surface area contributed by atoms with Crippen molar-refractivity contribution in [2.24, 2.45) is 0 Å². The lowest BCUT2D eigenvalue weighted by molar-refractivity contribution is -0.150. The molecule has 112 valence electrons. The van der Waals surface area contributed by atoms with Gasteiger partial charge in [0.1, 0.15) is 13.2 Å². The maximum atomic E-state index is 11.3. The van der Waals surface area contributed by atoms with Gasteiger partial charge in [0.2, 0.25) is 0 Å². The number of ether oxygens (including phenoxy) is 2. The summed E-state index contributed by atoms with van der Waals surface area (Å²) < 4.78 is 9.67. The van der Waals surface area contributed by atoms with Gasteiger partial charge >= 0.3 is 11.9 Å². The van der Waals surface area contributed by atoms with E-state index < -0.39 is 5.97 Å². The summed E-state index contributed by atoms with van der Waals surface area (Å²) >= 11 is 3.76. The molecule has 19 heavy (non-hydrogen) atoms. The highest BCUT2D eigenvalue weighted by atomic mass is 32.1. The summed E-state index contributed by atoms with van der Waals surface area (Å²) in [5.41, 5.74) is 0. The fourth-order valence-corrected chi connectivity index (χ4v) is 1.75. The van der Waals surface area contributed by atoms with E-state index in [1.807, 2.05) is 0 Å². The first kappa shape index (κ1) is 18.3. The zero-order chi connectivity index (χ0) is 14.3. The van der Waals surface area contributed by atoms with E-state index in [0.717, 1.165) is 12.8 Å². The van der Waals surface area contributed by atoms with Crippen molar-refractivity contribution < 1.29 is 19.1 Å². The molecule has 0 aromatic rings. The highest BCUT2D eigenvalue weighted by Crippen LogP contribution is 2.08. The van der Waals surface area contributed by atoms with Crippen molar-refractivity contribution in [3.8, 4) is 0 Å². The Labute approximate surface area is 121 Å². The normalized spacial score (nSPS) is 10.2. The Balaban J connectivity index is 3.23. The first-order valence-corrected chi connectivity index (χ1v) is 7.76. The van der Waals surface area contributed by atoms with Gasteiger partial charge in [-0.3, -0.25) is 9.59 Å². The lowest BCUT2D eigenvalue weighted by Gasteiger charge is -2.05. The van der Waals surface area contributed by atoms with Crippen LogP contribution >= 0.6 is 12.6 Å². The van der Waals surface area contributed by atoms with Crippen LogP contribution in [0.2, 0.25) is 0 Å². The number of esters is 2. The lowest BCUT2D eigenvalue weighted by atomic mass is 10.1. The monoisotopic (exact) mass is 290 g/mol. The number of unbranched alkanes of at least 4 members (excludes halogenated alkanes) is 6. The van der Waals surface area contributed by atoms with Crippen molar-refractivity contribution in [1.29, 1.82) is 0 Å². The molecule has 0 aliphatic rings. The minimum absolute atomic E-state index is 0.0476. The molecule has 0 rings (SSSR count). The number of thiol groups is 1. The fraction of sp³-hybridized carbons (Fsp3) is 0.857. The maximum absolute atomic E-state index is 11.3. The molecule has 0 N–H and O–H groups in total. The number of rotatable bonds is 12. The van der Waals surface area contributed by atoms with Gasteiger partial charge in [-0.2, -0.15) is 12.6 Å². The number of carbonyl (C=O) groups excluding carboxylic acids is 2. The van der Waals surface area contributed by atoms with Crippen molar-refractivity contribution in [1.82, 2.24) is 0 Å². The Bertz CT molecular complexity index is 244. The standard InChI is InChI=1S/C14H26O4S/c1-2-3-4-5-6-7-8-9-13(15)17-10-11-18-14(16)12-19/h19H,2-12H2,1H3. The van der Waals surface area contributed by atoms with Gasteiger partial charge in [-0.15, -0.1) is 0 Å². The van der Waals surface area contributed by atoms with Gasteiger partial charge in [-0.05, 0) is 6.42 Å². The van der Waals surface area contributed by atoms with Crippen LogP contribution in [0.3, 0.4) is 0 Å². The topological polar surface area (TPSA) is 52.6 Å². The highest BCUT2D eigenvalue weighted by Gasteiger charge is 2.03. The molecule has 0 fully saturated rings. The van der Waals surface area contributed by atoms with Crippen molar-refractivity contribution >= 4 is 24.6 Å². The second-order valence-electron chi connectivity index (χ2n) is 4.47. The van der Waals surface area contributed by atoms with E-state index in [2.05, 4.69) is 19.6 Å². The summed E-state index contributed by atoms with van der Waals surface area (Å²) in [4.78, 5) is 22.1. The Morgan fingerprint density at radius 1 is 0.842 bits per heavy atom. The fourth-order valence-electron chi connectivity index (χ4n) is 1.66. The van der Waals surface area contributed by atoms with E-state index in [-0.39, 0.29) is 24.9 Å². The zero-order valence-corrected chi connectivity index (χ0v) is 12.8. The third kappa shape index (κ3) is 13.5. The van der Waals surface area contributed by atoms with Crippen LogP contribution in [0.5, 0.6) is 0 Å². The summed E-state index contributed by atoms with van der Waals surface area (Å²) in [6.45, 7) is 2.44. The molecule has 0 saturated heterocycles. The van der Waals surface area contributed by atoms with Crippen LogP contribution in [0, 0.1) is 0 Å². The van der Waals surface area contributed by atoms with Gasteiger partial charge in [-0.1, -0.05) is 45.4 Å². The van der Waals surface area contributed by atoms with Gasteiger partial charge in [0.15, 0.2) is 0 Å². The molecule has 0 aromatic carbocycles. The largest absolute Gasteiger partial charge is 0.462 e. The van der Waals surface area contributed by atoms with Crippen LogP contribution in [0.4, 0.5) is 0 Å². The Morgan fingerprint density at radius 3 is 1.95 bits per heavy atom. The molecule has 0 atom stereocenters. The minimum atomic E-state index is -0.397. The maximum Gasteiger partial charge on any atom is 0.315 e. The van der Waals surface area contributed by atoms with Crippen LogP contribution < -0.4 is 0 Å². The van der Waals surface area contributed by atoms with Gasteiger partial charge < -0.3 is 9.47 Å². The molecule has 0 amide bonds. The Hall–Kier alpha value is -0.710. The summed E-state index contributed by atoms with van der Waals surface area (Å²) in [5.74, 6) is -0.562. The van der Waals surface area contributed by atoms with Crippen LogP contribution in [0.25, 0.3) is 0 Å².